The Balaban J connectivity index is 1.72. The summed E-state index contributed by atoms with van der Waals surface area (Å²) >= 11 is 13.2. The Morgan fingerprint density at radius 2 is 1.47 bits per heavy atom. The largest absolute Gasteiger partial charge is 0.487 e. The lowest BCUT2D eigenvalue weighted by molar-refractivity contribution is -0.119. The summed E-state index contributed by atoms with van der Waals surface area (Å²) in [6.45, 7) is 8.31. The summed E-state index contributed by atoms with van der Waals surface area (Å²) in [5.74, 6) is -0.720. The van der Waals surface area contributed by atoms with Crippen molar-refractivity contribution < 1.29 is 18.7 Å². The molecule has 2 aliphatic carbocycles. The fourth-order valence-corrected chi connectivity index (χ4v) is 6.75. The van der Waals surface area contributed by atoms with Crippen molar-refractivity contribution in [2.45, 2.75) is 65.9 Å². The maximum Gasteiger partial charge on any atom is 0.162 e. The van der Waals surface area contributed by atoms with Gasteiger partial charge in [-0.15, -0.1) is 0 Å². The minimum absolute atomic E-state index is 0.00781. The molecule has 1 heterocycles. The van der Waals surface area contributed by atoms with E-state index in [4.69, 9.17) is 27.9 Å². The molecule has 3 aliphatic rings. The molecule has 0 spiro atoms. The molecular weight excluding hydrogens is 524 g/mol. The number of Topliss-reactive ketones (excluding diaryl/α,β-unsaturated/α-hetero) is 2. The summed E-state index contributed by atoms with van der Waals surface area (Å²) in [5, 5.41) is 0.623. The Labute approximate surface area is 233 Å². The molecule has 0 unspecified atom stereocenters. The minimum atomic E-state index is -0.657. The van der Waals surface area contributed by atoms with Gasteiger partial charge in [0.15, 0.2) is 11.6 Å². The molecule has 38 heavy (non-hydrogen) atoms. The molecular formula is C31H32Cl2FNO3. The van der Waals surface area contributed by atoms with Gasteiger partial charge in [-0.3, -0.25) is 9.59 Å². The van der Waals surface area contributed by atoms with Gasteiger partial charge in [0.05, 0.1) is 5.02 Å². The average molecular weight is 557 g/mol. The van der Waals surface area contributed by atoms with E-state index in [1.807, 2.05) is 7.05 Å². The van der Waals surface area contributed by atoms with E-state index in [2.05, 4.69) is 32.6 Å². The molecule has 2 aromatic carbocycles. The van der Waals surface area contributed by atoms with Gasteiger partial charge in [0.1, 0.15) is 18.2 Å². The fourth-order valence-electron chi connectivity index (χ4n) is 6.19. The lowest BCUT2D eigenvalue weighted by Crippen LogP contribution is -2.43. The van der Waals surface area contributed by atoms with Crippen LogP contribution in [0.4, 0.5) is 4.39 Å². The van der Waals surface area contributed by atoms with Crippen molar-refractivity contribution in [3.05, 3.63) is 85.9 Å². The molecule has 7 heteroatoms. The molecule has 200 valence electrons. The molecule has 0 aromatic heterocycles. The van der Waals surface area contributed by atoms with Crippen LogP contribution >= 0.6 is 23.2 Å². The first kappa shape index (κ1) is 27.0. The number of benzene rings is 2. The molecule has 0 fully saturated rings. The summed E-state index contributed by atoms with van der Waals surface area (Å²) in [4.78, 5) is 29.7. The van der Waals surface area contributed by atoms with Crippen LogP contribution in [0.15, 0.2) is 58.9 Å². The van der Waals surface area contributed by atoms with E-state index in [-0.39, 0.29) is 39.8 Å². The molecule has 0 atom stereocenters. The van der Waals surface area contributed by atoms with E-state index in [0.29, 0.717) is 58.7 Å². The summed E-state index contributed by atoms with van der Waals surface area (Å²) in [5.41, 5.74) is 3.58. The summed E-state index contributed by atoms with van der Waals surface area (Å²) in [7, 11) is 1.96. The first-order chi connectivity index (χ1) is 17.8. The van der Waals surface area contributed by atoms with Gasteiger partial charge in [-0.25, -0.2) is 4.39 Å². The monoisotopic (exact) mass is 555 g/mol. The lowest BCUT2D eigenvalue weighted by Gasteiger charge is -2.48. The predicted molar refractivity (Wildman–Crippen MR) is 148 cm³/mol. The number of ether oxygens (including phenoxy) is 1. The van der Waals surface area contributed by atoms with Crippen LogP contribution in [0, 0.1) is 16.6 Å². The topological polar surface area (TPSA) is 46.6 Å². The van der Waals surface area contributed by atoms with Gasteiger partial charge in [0, 0.05) is 64.5 Å². The van der Waals surface area contributed by atoms with Gasteiger partial charge in [0.2, 0.25) is 0 Å². The maximum atomic E-state index is 14.4. The number of carbonyl (C=O) groups is 2. The van der Waals surface area contributed by atoms with Crippen LogP contribution in [0.2, 0.25) is 10.0 Å². The van der Waals surface area contributed by atoms with Gasteiger partial charge in [-0.1, -0.05) is 69.1 Å². The highest BCUT2D eigenvalue weighted by Gasteiger charge is 2.49. The first-order valence-electron chi connectivity index (χ1n) is 12.9. The van der Waals surface area contributed by atoms with Crippen LogP contribution in [0.3, 0.4) is 0 Å². The van der Waals surface area contributed by atoms with Gasteiger partial charge >= 0.3 is 0 Å². The van der Waals surface area contributed by atoms with E-state index in [1.165, 1.54) is 6.07 Å². The van der Waals surface area contributed by atoms with E-state index >= 15 is 0 Å². The van der Waals surface area contributed by atoms with E-state index < -0.39 is 5.92 Å². The van der Waals surface area contributed by atoms with Crippen LogP contribution in [-0.4, -0.2) is 23.5 Å². The smallest absolute Gasteiger partial charge is 0.162 e. The molecule has 4 nitrogen and oxygen atoms in total. The number of rotatable bonds is 4. The summed E-state index contributed by atoms with van der Waals surface area (Å²) in [6, 6.07) is 9.68. The van der Waals surface area contributed by atoms with Crippen molar-refractivity contribution in [1.29, 1.82) is 0 Å². The molecule has 0 bridgehead atoms. The molecule has 0 saturated carbocycles. The second-order valence-corrected chi connectivity index (χ2v) is 13.1. The van der Waals surface area contributed by atoms with Gasteiger partial charge < -0.3 is 9.64 Å². The van der Waals surface area contributed by atoms with Crippen LogP contribution in [-0.2, 0) is 16.2 Å². The number of halogens is 3. The molecule has 0 radical (unpaired) electrons. The molecule has 0 amide bonds. The van der Waals surface area contributed by atoms with Crippen molar-refractivity contribution >= 4 is 34.8 Å². The van der Waals surface area contributed by atoms with Crippen LogP contribution in [0.1, 0.15) is 70.4 Å². The lowest BCUT2D eigenvalue weighted by atomic mass is 9.63. The Morgan fingerprint density at radius 3 is 2.03 bits per heavy atom. The Bertz CT molecular complexity index is 1370. The highest BCUT2D eigenvalue weighted by molar-refractivity contribution is 6.35. The third kappa shape index (κ3) is 4.80. The minimum Gasteiger partial charge on any atom is -0.487 e. The van der Waals surface area contributed by atoms with Crippen molar-refractivity contribution in [3.63, 3.8) is 0 Å². The van der Waals surface area contributed by atoms with Crippen LogP contribution in [0.5, 0.6) is 5.75 Å². The number of carbonyl (C=O) groups excluding carboxylic acids is 2. The predicted octanol–water partition coefficient (Wildman–Crippen LogP) is 8.03. The molecule has 5 rings (SSSR count). The van der Waals surface area contributed by atoms with Crippen molar-refractivity contribution in [2.24, 2.45) is 10.8 Å². The second-order valence-electron chi connectivity index (χ2n) is 12.3. The number of ketones is 2. The van der Waals surface area contributed by atoms with Crippen molar-refractivity contribution in [2.75, 3.05) is 7.05 Å². The number of allylic oxidation sites excluding steroid dienone is 4. The van der Waals surface area contributed by atoms with Crippen LogP contribution < -0.4 is 4.74 Å². The third-order valence-electron chi connectivity index (χ3n) is 7.86. The highest BCUT2D eigenvalue weighted by Crippen LogP contribution is 2.56. The van der Waals surface area contributed by atoms with E-state index in [9.17, 15) is 14.0 Å². The normalized spacial score (nSPS) is 21.0. The molecule has 0 N–H and O–H groups in total. The fraction of sp³-hybridized carbons (Fsp3) is 0.419. The Hall–Kier alpha value is -2.63. The van der Waals surface area contributed by atoms with Gasteiger partial charge in [0.25, 0.3) is 0 Å². The van der Waals surface area contributed by atoms with Crippen molar-refractivity contribution in [1.82, 2.24) is 4.90 Å². The number of hydrogen-bond donors (Lipinski definition) is 0. The SMILES string of the molecule is CN1C2=C(C(=O)CC(C)(C)C2)C(c2cc(Cl)cc(Cl)c2OCc2ccccc2F)C2=C1CC(C)(C)CC2=O. The van der Waals surface area contributed by atoms with Gasteiger partial charge in [-0.2, -0.15) is 0 Å². The van der Waals surface area contributed by atoms with E-state index in [1.54, 1.807) is 30.3 Å². The van der Waals surface area contributed by atoms with Crippen molar-refractivity contribution in [3.8, 4) is 5.75 Å². The number of hydrogen-bond acceptors (Lipinski definition) is 4. The Morgan fingerprint density at radius 1 is 0.921 bits per heavy atom. The van der Waals surface area contributed by atoms with Crippen LogP contribution in [0.25, 0.3) is 0 Å². The molecule has 2 aromatic rings. The molecule has 1 aliphatic heterocycles. The zero-order valence-corrected chi connectivity index (χ0v) is 23.9. The highest BCUT2D eigenvalue weighted by atomic mass is 35.5. The quantitative estimate of drug-likeness (QED) is 0.383. The maximum absolute atomic E-state index is 14.4. The average Bonchev–Trinajstić information content (AvgIpc) is 2.79. The molecule has 0 saturated heterocycles. The number of nitrogens with zero attached hydrogens (tertiary/aromatic N) is 1. The Kier molecular flexibility index (Phi) is 6.76. The zero-order valence-electron chi connectivity index (χ0n) is 22.4. The summed E-state index contributed by atoms with van der Waals surface area (Å²) < 4.78 is 20.6. The van der Waals surface area contributed by atoms with E-state index in [0.717, 1.165) is 11.4 Å². The van der Waals surface area contributed by atoms with Gasteiger partial charge in [-0.05, 0) is 41.9 Å². The third-order valence-corrected chi connectivity index (χ3v) is 8.36. The first-order valence-corrected chi connectivity index (χ1v) is 13.6. The zero-order chi connectivity index (χ0) is 27.6. The second kappa shape index (κ2) is 9.53. The summed E-state index contributed by atoms with van der Waals surface area (Å²) in [6.07, 6.45) is 2.15. The standard InChI is InChI=1S/C31H32Cl2FNO3/c1-30(2)12-22-27(24(36)14-30)26(28-23(35(22)5)13-31(3,4)15-25(28)37)19-10-18(32)11-20(33)29(19)38-16-17-8-6-7-9-21(17)34/h6-11,26H,12-16H2,1-5H3.